The molecule has 0 spiro atoms. The predicted octanol–water partition coefficient (Wildman–Crippen LogP) is 3.30. The van der Waals surface area contributed by atoms with Crippen molar-refractivity contribution in [3.05, 3.63) is 60.2 Å². The van der Waals surface area contributed by atoms with Crippen molar-refractivity contribution in [3.63, 3.8) is 0 Å². The maximum absolute atomic E-state index is 12.2. The number of ketones is 1. The topological polar surface area (TPSA) is 83.5 Å². The molecule has 0 atom stereocenters. The molecule has 0 saturated carbocycles. The molecule has 25 heavy (non-hydrogen) atoms. The lowest BCUT2D eigenvalue weighted by atomic mass is 10.0. The van der Waals surface area contributed by atoms with Crippen LogP contribution in [0.5, 0.6) is 0 Å². The van der Waals surface area contributed by atoms with Crippen molar-refractivity contribution in [2.45, 2.75) is 25.7 Å². The molecule has 0 aromatic heterocycles. The zero-order valence-electron chi connectivity index (χ0n) is 13.9. The summed E-state index contributed by atoms with van der Waals surface area (Å²) in [6.07, 6.45) is 0.644. The highest BCUT2D eigenvalue weighted by atomic mass is 16.4. The first kappa shape index (κ1) is 18.4. The summed E-state index contributed by atoms with van der Waals surface area (Å²) in [5.41, 5.74) is 2.70. The number of carboxylic acid groups (broad SMARTS) is 1. The van der Waals surface area contributed by atoms with Crippen LogP contribution in [0.2, 0.25) is 0 Å². The summed E-state index contributed by atoms with van der Waals surface area (Å²) in [6, 6.07) is 17.2. The largest absolute Gasteiger partial charge is 0.481 e. The maximum Gasteiger partial charge on any atom is 0.303 e. The fourth-order valence-electron chi connectivity index (χ4n) is 2.41. The fraction of sp³-hybridized carbons (Fsp3) is 0.250. The van der Waals surface area contributed by atoms with Crippen molar-refractivity contribution in [2.75, 3.05) is 6.54 Å². The van der Waals surface area contributed by atoms with E-state index in [1.54, 1.807) is 12.1 Å². The second kappa shape index (κ2) is 9.37. The van der Waals surface area contributed by atoms with Gasteiger partial charge >= 0.3 is 5.97 Å². The predicted molar refractivity (Wildman–Crippen MR) is 95.3 cm³/mol. The number of carbonyl (C=O) groups is 3. The molecule has 2 rings (SSSR count). The Balaban J connectivity index is 1.79. The van der Waals surface area contributed by atoms with Crippen LogP contribution in [0.15, 0.2) is 54.6 Å². The van der Waals surface area contributed by atoms with Gasteiger partial charge in [0.2, 0.25) is 5.91 Å². The van der Waals surface area contributed by atoms with Gasteiger partial charge in [-0.25, -0.2) is 0 Å². The molecule has 1 amide bonds. The van der Waals surface area contributed by atoms with Crippen LogP contribution in [-0.2, 0) is 9.59 Å². The second-order valence-corrected chi connectivity index (χ2v) is 5.71. The van der Waals surface area contributed by atoms with E-state index in [1.165, 1.54) is 0 Å². The zero-order valence-corrected chi connectivity index (χ0v) is 13.9. The standard InChI is InChI=1S/C20H21NO4/c22-18(12-13-19(23)21-14-4-7-20(24)25)17-10-8-16(9-11-17)15-5-2-1-3-6-15/h1-3,5-6,8-11H,4,7,12-14H2,(H,21,23)(H,24,25). The number of hydrogen-bond donors (Lipinski definition) is 2. The van der Waals surface area contributed by atoms with Gasteiger partial charge in [0, 0.05) is 31.4 Å². The minimum atomic E-state index is -0.886. The molecule has 0 radical (unpaired) electrons. The van der Waals surface area contributed by atoms with Crippen LogP contribution >= 0.6 is 0 Å². The third kappa shape index (κ3) is 6.22. The Morgan fingerprint density at radius 2 is 1.44 bits per heavy atom. The highest BCUT2D eigenvalue weighted by Crippen LogP contribution is 2.19. The lowest BCUT2D eigenvalue weighted by molar-refractivity contribution is -0.137. The van der Waals surface area contributed by atoms with E-state index in [0.29, 0.717) is 18.5 Å². The van der Waals surface area contributed by atoms with E-state index < -0.39 is 5.97 Å². The Labute approximate surface area is 146 Å². The first-order chi connectivity index (χ1) is 12.1. The average Bonchev–Trinajstić information content (AvgIpc) is 2.64. The smallest absolute Gasteiger partial charge is 0.303 e. The molecule has 0 unspecified atom stereocenters. The molecule has 0 aliphatic rings. The Morgan fingerprint density at radius 3 is 2.08 bits per heavy atom. The van der Waals surface area contributed by atoms with Crippen molar-refractivity contribution in [2.24, 2.45) is 0 Å². The molecule has 5 nitrogen and oxygen atoms in total. The number of nitrogens with one attached hydrogen (secondary N) is 1. The number of Topliss-reactive ketones (excluding diaryl/α,β-unsaturated/α-hetero) is 1. The monoisotopic (exact) mass is 339 g/mol. The molecule has 2 aromatic carbocycles. The minimum absolute atomic E-state index is 0.0208. The van der Waals surface area contributed by atoms with E-state index >= 15 is 0 Å². The van der Waals surface area contributed by atoms with Gasteiger partial charge in [-0.2, -0.15) is 0 Å². The second-order valence-electron chi connectivity index (χ2n) is 5.71. The summed E-state index contributed by atoms with van der Waals surface area (Å²) >= 11 is 0. The molecular formula is C20H21NO4. The molecule has 0 aliphatic heterocycles. The van der Waals surface area contributed by atoms with E-state index in [0.717, 1.165) is 11.1 Å². The Bertz CT molecular complexity index is 723. The van der Waals surface area contributed by atoms with Crippen molar-refractivity contribution < 1.29 is 19.5 Å². The molecule has 0 bridgehead atoms. The number of carboxylic acids is 1. The first-order valence-corrected chi connectivity index (χ1v) is 8.23. The lowest BCUT2D eigenvalue weighted by Gasteiger charge is -2.05. The van der Waals surface area contributed by atoms with Gasteiger partial charge in [-0.1, -0.05) is 54.6 Å². The number of amides is 1. The molecule has 0 fully saturated rings. The number of aliphatic carboxylic acids is 1. The summed E-state index contributed by atoms with van der Waals surface area (Å²) in [5, 5.41) is 11.1. The SMILES string of the molecule is O=C(O)CCCNC(=O)CCC(=O)c1ccc(-c2ccccc2)cc1. The van der Waals surface area contributed by atoms with Crippen LogP contribution in [0.1, 0.15) is 36.0 Å². The highest BCUT2D eigenvalue weighted by Gasteiger charge is 2.09. The molecule has 2 N–H and O–H groups in total. The summed E-state index contributed by atoms with van der Waals surface area (Å²) < 4.78 is 0. The normalized spacial score (nSPS) is 10.2. The van der Waals surface area contributed by atoms with Crippen molar-refractivity contribution in [1.29, 1.82) is 0 Å². The van der Waals surface area contributed by atoms with Gasteiger partial charge in [-0.15, -0.1) is 0 Å². The van der Waals surface area contributed by atoms with Crippen LogP contribution < -0.4 is 5.32 Å². The molecular weight excluding hydrogens is 318 g/mol. The van der Waals surface area contributed by atoms with Gasteiger partial charge in [-0.3, -0.25) is 14.4 Å². The summed E-state index contributed by atoms with van der Waals surface area (Å²) in [5.74, 6) is -1.21. The molecule has 2 aromatic rings. The van der Waals surface area contributed by atoms with Crippen LogP contribution in [0.3, 0.4) is 0 Å². The Morgan fingerprint density at radius 1 is 0.800 bits per heavy atom. The highest BCUT2D eigenvalue weighted by molar-refractivity contribution is 5.98. The van der Waals surface area contributed by atoms with E-state index in [2.05, 4.69) is 5.32 Å². The molecule has 0 heterocycles. The maximum atomic E-state index is 12.2. The minimum Gasteiger partial charge on any atom is -0.481 e. The average molecular weight is 339 g/mol. The van der Waals surface area contributed by atoms with E-state index in [1.807, 2.05) is 42.5 Å². The quantitative estimate of drug-likeness (QED) is 0.542. The van der Waals surface area contributed by atoms with Crippen LogP contribution in [0, 0.1) is 0 Å². The van der Waals surface area contributed by atoms with Crippen molar-refractivity contribution >= 4 is 17.7 Å². The van der Waals surface area contributed by atoms with Crippen LogP contribution in [0.25, 0.3) is 11.1 Å². The Hall–Kier alpha value is -2.95. The van der Waals surface area contributed by atoms with E-state index in [9.17, 15) is 14.4 Å². The van der Waals surface area contributed by atoms with Crippen LogP contribution in [0.4, 0.5) is 0 Å². The molecule has 0 saturated heterocycles. The summed E-state index contributed by atoms with van der Waals surface area (Å²) in [4.78, 5) is 34.2. The van der Waals surface area contributed by atoms with Crippen LogP contribution in [-0.4, -0.2) is 29.3 Å². The number of hydrogen-bond acceptors (Lipinski definition) is 3. The Kier molecular flexibility index (Phi) is 6.89. The van der Waals surface area contributed by atoms with Gasteiger partial charge in [0.05, 0.1) is 0 Å². The van der Waals surface area contributed by atoms with Crippen molar-refractivity contribution in [1.82, 2.24) is 5.32 Å². The van der Waals surface area contributed by atoms with Crippen molar-refractivity contribution in [3.8, 4) is 11.1 Å². The van der Waals surface area contributed by atoms with Gasteiger partial charge < -0.3 is 10.4 Å². The van der Waals surface area contributed by atoms with E-state index in [4.69, 9.17) is 5.11 Å². The van der Waals surface area contributed by atoms with Gasteiger partial charge in [-0.05, 0) is 17.5 Å². The molecule has 5 heteroatoms. The summed E-state index contributed by atoms with van der Waals surface area (Å²) in [7, 11) is 0. The number of benzene rings is 2. The lowest BCUT2D eigenvalue weighted by Crippen LogP contribution is -2.25. The zero-order chi connectivity index (χ0) is 18.1. The number of rotatable bonds is 9. The third-order valence-electron chi connectivity index (χ3n) is 3.78. The summed E-state index contributed by atoms with van der Waals surface area (Å²) in [6.45, 7) is 0.311. The molecule has 130 valence electrons. The van der Waals surface area contributed by atoms with Gasteiger partial charge in [0.15, 0.2) is 5.78 Å². The first-order valence-electron chi connectivity index (χ1n) is 8.23. The van der Waals surface area contributed by atoms with Gasteiger partial charge in [0.1, 0.15) is 0 Å². The van der Waals surface area contributed by atoms with Gasteiger partial charge in [0.25, 0.3) is 0 Å². The van der Waals surface area contributed by atoms with E-state index in [-0.39, 0.29) is 31.0 Å². The fourth-order valence-corrected chi connectivity index (χ4v) is 2.41. The third-order valence-corrected chi connectivity index (χ3v) is 3.78. The number of carbonyl (C=O) groups excluding carboxylic acids is 2. The molecule has 0 aliphatic carbocycles.